The number of imidazole rings is 1. The minimum Gasteiger partial charge on any atom is -0.378 e. The summed E-state index contributed by atoms with van der Waals surface area (Å²) in [4.78, 5) is 26.3. The molecule has 0 unspecified atom stereocenters. The van der Waals surface area contributed by atoms with E-state index in [9.17, 15) is 4.79 Å². The third-order valence-electron chi connectivity index (χ3n) is 4.57. The maximum Gasteiger partial charge on any atom is 0.252 e. The van der Waals surface area contributed by atoms with Crippen LogP contribution in [0.25, 0.3) is 11.0 Å². The van der Waals surface area contributed by atoms with E-state index in [1.54, 1.807) is 6.07 Å². The van der Waals surface area contributed by atoms with Crippen LogP contribution in [0.2, 0.25) is 0 Å². The molecule has 1 aliphatic heterocycles. The molecule has 1 fully saturated rings. The van der Waals surface area contributed by atoms with Crippen LogP contribution in [-0.4, -0.2) is 53.7 Å². The number of aryl methyl sites for hydroxylation is 1. The van der Waals surface area contributed by atoms with Crippen LogP contribution in [-0.2, 0) is 18.2 Å². The number of anilines is 1. The summed E-state index contributed by atoms with van der Waals surface area (Å²) < 4.78 is 7.43. The first-order chi connectivity index (χ1) is 12.1. The molecule has 0 amide bonds. The maximum absolute atomic E-state index is 12.1. The van der Waals surface area contributed by atoms with Gasteiger partial charge in [0, 0.05) is 26.2 Å². The van der Waals surface area contributed by atoms with Gasteiger partial charge in [-0.2, -0.15) is 0 Å². The average molecular weight is 337 g/mol. The van der Waals surface area contributed by atoms with Crippen molar-refractivity contribution >= 4 is 30.2 Å². The maximum atomic E-state index is 12.1. The van der Waals surface area contributed by atoms with E-state index in [0.29, 0.717) is 31.3 Å². The normalized spacial score (nSPS) is 15.0. The number of morpholine rings is 1. The Labute approximate surface area is 146 Å². The first-order valence-corrected chi connectivity index (χ1v) is 8.45. The largest absolute Gasteiger partial charge is 0.378 e. The van der Waals surface area contributed by atoms with Crippen molar-refractivity contribution in [1.29, 1.82) is 0 Å². The van der Waals surface area contributed by atoms with Crippen LogP contribution in [0.5, 0.6) is 0 Å². The smallest absolute Gasteiger partial charge is 0.252 e. The van der Waals surface area contributed by atoms with Crippen molar-refractivity contribution in [3.05, 3.63) is 46.3 Å². The summed E-state index contributed by atoms with van der Waals surface area (Å²) in [5.41, 5.74) is 3.10. The lowest BCUT2D eigenvalue weighted by Gasteiger charge is -2.27. The van der Waals surface area contributed by atoms with Crippen molar-refractivity contribution in [2.24, 2.45) is 7.05 Å². The van der Waals surface area contributed by atoms with Crippen LogP contribution >= 0.6 is 0 Å². The van der Waals surface area contributed by atoms with Crippen molar-refractivity contribution < 1.29 is 4.74 Å². The molecule has 7 nitrogen and oxygen atoms in total. The number of hydrogen-bond acceptors (Lipinski definition) is 5. The number of benzene rings is 1. The summed E-state index contributed by atoms with van der Waals surface area (Å²) in [6.07, 6.45) is 0.484. The fourth-order valence-electron chi connectivity index (χ4n) is 3.19. The Morgan fingerprint density at radius 2 is 2.04 bits per heavy atom. The predicted molar refractivity (Wildman–Crippen MR) is 99.6 cm³/mol. The molecule has 1 N–H and O–H groups in total. The number of rotatable bonds is 3. The molecule has 0 aliphatic carbocycles. The zero-order chi connectivity index (χ0) is 17.4. The van der Waals surface area contributed by atoms with Gasteiger partial charge in [0.25, 0.3) is 5.56 Å². The molecule has 3 heterocycles. The highest BCUT2D eigenvalue weighted by molar-refractivity contribution is 6.33. The third kappa shape index (κ3) is 3.17. The van der Waals surface area contributed by atoms with Gasteiger partial charge in [-0.25, -0.2) is 9.97 Å². The van der Waals surface area contributed by atoms with E-state index >= 15 is 0 Å². The van der Waals surface area contributed by atoms with Gasteiger partial charge in [-0.3, -0.25) is 4.79 Å². The van der Waals surface area contributed by atoms with E-state index in [1.165, 1.54) is 5.46 Å². The molecule has 1 saturated heterocycles. The number of fused-ring (bicyclic) bond motifs is 1. The molecular formula is C17H20BN5O2. The monoisotopic (exact) mass is 337 g/mol. The molecular weight excluding hydrogens is 317 g/mol. The molecule has 8 heteroatoms. The first-order valence-electron chi connectivity index (χ1n) is 8.45. The van der Waals surface area contributed by atoms with Gasteiger partial charge in [-0.1, -0.05) is 11.5 Å². The Morgan fingerprint density at radius 3 is 2.84 bits per heavy atom. The summed E-state index contributed by atoms with van der Waals surface area (Å²) in [6, 6.07) is 7.74. The van der Waals surface area contributed by atoms with Crippen LogP contribution in [0.3, 0.4) is 0 Å². The van der Waals surface area contributed by atoms with Gasteiger partial charge >= 0.3 is 0 Å². The molecule has 1 aromatic carbocycles. The van der Waals surface area contributed by atoms with Crippen molar-refractivity contribution in [3.8, 4) is 0 Å². The van der Waals surface area contributed by atoms with Crippen molar-refractivity contribution in [1.82, 2.24) is 19.5 Å². The number of nitrogens with one attached hydrogen (secondary N) is 1. The summed E-state index contributed by atoms with van der Waals surface area (Å²) in [5, 5.41) is 0. The number of aromatic amines is 1. The molecule has 0 radical (unpaired) electrons. The highest BCUT2D eigenvalue weighted by atomic mass is 16.5. The van der Waals surface area contributed by atoms with E-state index in [4.69, 9.17) is 4.74 Å². The molecule has 0 bridgehead atoms. The van der Waals surface area contributed by atoms with Gasteiger partial charge in [0.2, 0.25) is 0 Å². The Morgan fingerprint density at radius 1 is 1.24 bits per heavy atom. The highest BCUT2D eigenvalue weighted by Gasteiger charge is 2.15. The minimum absolute atomic E-state index is 0.138. The molecule has 2 aromatic heterocycles. The van der Waals surface area contributed by atoms with E-state index in [1.807, 2.05) is 13.1 Å². The van der Waals surface area contributed by atoms with Gasteiger partial charge in [0.15, 0.2) is 0 Å². The quantitative estimate of drug-likeness (QED) is 0.643. The summed E-state index contributed by atoms with van der Waals surface area (Å²) in [6.45, 7) is 2.82. The lowest BCUT2D eigenvalue weighted by molar-refractivity contribution is 0.122. The summed E-state index contributed by atoms with van der Waals surface area (Å²) in [5.74, 6) is 2.21. The van der Waals surface area contributed by atoms with Crippen LogP contribution in [0.1, 0.15) is 11.6 Å². The number of hydrogen-bond donors (Lipinski definition) is 1. The fourth-order valence-corrected chi connectivity index (χ4v) is 3.19. The molecule has 4 rings (SSSR count). The first kappa shape index (κ1) is 15.9. The van der Waals surface area contributed by atoms with Crippen LogP contribution in [0, 0.1) is 0 Å². The second-order valence-corrected chi connectivity index (χ2v) is 6.41. The standard InChI is InChI=1S/C17H20BN5O2/c1-22-13-8-11(18)2-3-12(13)19-15(22)9-14-20-16(10-17(24)21-14)23-4-6-25-7-5-23/h2-3,8,10H,4-7,9,18H2,1H3,(H,20,21,24). The zero-order valence-corrected chi connectivity index (χ0v) is 14.5. The Balaban J connectivity index is 1.67. The third-order valence-corrected chi connectivity index (χ3v) is 4.57. The number of ether oxygens (including phenoxy) is 1. The van der Waals surface area contributed by atoms with Crippen LogP contribution in [0.4, 0.5) is 5.82 Å². The van der Waals surface area contributed by atoms with Gasteiger partial charge in [0.05, 0.1) is 30.7 Å². The molecule has 0 atom stereocenters. The molecule has 128 valence electrons. The lowest BCUT2D eigenvalue weighted by Crippen LogP contribution is -2.37. The Kier molecular flexibility index (Phi) is 4.05. The minimum atomic E-state index is -0.138. The van der Waals surface area contributed by atoms with Gasteiger partial charge in [-0.05, 0) is 12.1 Å². The van der Waals surface area contributed by atoms with E-state index in [0.717, 1.165) is 29.9 Å². The Bertz CT molecular complexity index is 975. The van der Waals surface area contributed by atoms with E-state index in [-0.39, 0.29) is 5.56 Å². The average Bonchev–Trinajstić information content (AvgIpc) is 2.91. The summed E-state index contributed by atoms with van der Waals surface area (Å²) >= 11 is 0. The van der Waals surface area contributed by atoms with Gasteiger partial charge in [0.1, 0.15) is 25.3 Å². The zero-order valence-electron chi connectivity index (χ0n) is 14.5. The van der Waals surface area contributed by atoms with Crippen molar-refractivity contribution in [2.45, 2.75) is 6.42 Å². The van der Waals surface area contributed by atoms with Gasteiger partial charge in [-0.15, -0.1) is 0 Å². The van der Waals surface area contributed by atoms with E-state index < -0.39 is 0 Å². The van der Waals surface area contributed by atoms with Crippen LogP contribution < -0.4 is 15.9 Å². The topological polar surface area (TPSA) is 76.0 Å². The lowest BCUT2D eigenvalue weighted by atomic mass is 9.96. The summed E-state index contributed by atoms with van der Waals surface area (Å²) in [7, 11) is 4.06. The molecule has 0 spiro atoms. The number of nitrogens with zero attached hydrogens (tertiary/aromatic N) is 4. The molecule has 1 aliphatic rings. The number of aromatic nitrogens is 4. The van der Waals surface area contributed by atoms with Crippen LogP contribution in [0.15, 0.2) is 29.1 Å². The molecule has 25 heavy (non-hydrogen) atoms. The highest BCUT2D eigenvalue weighted by Crippen LogP contribution is 2.16. The SMILES string of the molecule is Bc1ccc2nc(Cc3nc(N4CCOCC4)cc(=O)[nH]3)n(C)c2c1. The van der Waals surface area contributed by atoms with Gasteiger partial charge < -0.3 is 19.2 Å². The molecule has 0 saturated carbocycles. The van der Waals surface area contributed by atoms with E-state index in [2.05, 4.69) is 44.4 Å². The second-order valence-electron chi connectivity index (χ2n) is 6.41. The Hall–Kier alpha value is -2.61. The predicted octanol–water partition coefficient (Wildman–Crippen LogP) is -0.658. The number of H-pyrrole nitrogens is 1. The second kappa shape index (κ2) is 6.36. The molecule has 3 aromatic rings. The van der Waals surface area contributed by atoms with Crippen molar-refractivity contribution in [2.75, 3.05) is 31.2 Å². The van der Waals surface area contributed by atoms with Crippen molar-refractivity contribution in [3.63, 3.8) is 0 Å². The fraction of sp³-hybridized carbons (Fsp3) is 0.353.